The zero-order chi connectivity index (χ0) is 11.4. The minimum Gasteiger partial charge on any atom is -0.392 e. The second-order valence-corrected chi connectivity index (χ2v) is 3.87. The second kappa shape index (κ2) is 4.98. The Morgan fingerprint density at radius 2 is 1.93 bits per heavy atom. The summed E-state index contributed by atoms with van der Waals surface area (Å²) < 4.78 is 1.85. The number of likely N-dealkylation sites (N-methyl/N-ethyl adjacent to an activating group) is 1. The first-order chi connectivity index (χ1) is 7.02. The van der Waals surface area contributed by atoms with Crippen LogP contribution in [-0.2, 0) is 4.79 Å². The number of aliphatic hydroxyl groups excluding tert-OH is 1. The lowest BCUT2D eigenvalue weighted by molar-refractivity contribution is -0.134. The number of hydrogen-bond donors (Lipinski definition) is 1. The van der Waals surface area contributed by atoms with Gasteiger partial charge in [-0.05, 0) is 26.0 Å². The third kappa shape index (κ3) is 3.09. The van der Waals surface area contributed by atoms with E-state index in [4.69, 9.17) is 0 Å². The Morgan fingerprint density at radius 3 is 2.40 bits per heavy atom. The molecule has 0 aliphatic carbocycles. The van der Waals surface area contributed by atoms with Gasteiger partial charge in [-0.25, -0.2) is 0 Å². The second-order valence-electron chi connectivity index (χ2n) is 3.87. The Labute approximate surface area is 90.1 Å². The van der Waals surface area contributed by atoms with Crippen LogP contribution < -0.4 is 0 Å². The molecule has 1 N–H and O–H groups in total. The van der Waals surface area contributed by atoms with Crippen molar-refractivity contribution >= 4 is 5.91 Å². The molecule has 2 unspecified atom stereocenters. The van der Waals surface area contributed by atoms with Crippen molar-refractivity contribution in [2.75, 3.05) is 13.6 Å². The summed E-state index contributed by atoms with van der Waals surface area (Å²) in [6.07, 6.45) is 3.23. The van der Waals surface area contributed by atoms with Crippen LogP contribution in [0.1, 0.15) is 19.9 Å². The van der Waals surface area contributed by atoms with Crippen molar-refractivity contribution < 1.29 is 9.90 Å². The van der Waals surface area contributed by atoms with Gasteiger partial charge in [0.1, 0.15) is 6.04 Å². The Morgan fingerprint density at radius 1 is 1.40 bits per heavy atom. The highest BCUT2D eigenvalue weighted by Gasteiger charge is 2.18. The summed E-state index contributed by atoms with van der Waals surface area (Å²) in [5.74, 6) is 0.00657. The van der Waals surface area contributed by atoms with Gasteiger partial charge in [0.05, 0.1) is 6.10 Å². The first-order valence-corrected chi connectivity index (χ1v) is 5.08. The van der Waals surface area contributed by atoms with Gasteiger partial charge in [0.15, 0.2) is 0 Å². The van der Waals surface area contributed by atoms with E-state index < -0.39 is 6.10 Å². The van der Waals surface area contributed by atoms with E-state index in [0.717, 1.165) is 0 Å². The highest BCUT2D eigenvalue weighted by molar-refractivity contribution is 5.79. The van der Waals surface area contributed by atoms with Gasteiger partial charge in [0.25, 0.3) is 0 Å². The number of aliphatic hydroxyl groups is 1. The van der Waals surface area contributed by atoms with Crippen LogP contribution in [0, 0.1) is 0 Å². The van der Waals surface area contributed by atoms with Gasteiger partial charge in [-0.2, -0.15) is 0 Å². The molecule has 1 aromatic rings. The van der Waals surface area contributed by atoms with E-state index in [1.165, 1.54) is 0 Å². The maximum Gasteiger partial charge on any atom is 0.245 e. The smallest absolute Gasteiger partial charge is 0.245 e. The standard InChI is InChI=1S/C11H18N2O2/c1-9(14)8-12(3)11(15)10(2)13-6-4-5-7-13/h4-7,9-10,14H,8H2,1-3H3. The van der Waals surface area contributed by atoms with Gasteiger partial charge >= 0.3 is 0 Å². The van der Waals surface area contributed by atoms with Crippen LogP contribution >= 0.6 is 0 Å². The van der Waals surface area contributed by atoms with E-state index >= 15 is 0 Å². The van der Waals surface area contributed by atoms with Gasteiger partial charge < -0.3 is 14.6 Å². The lowest BCUT2D eigenvalue weighted by Crippen LogP contribution is -2.37. The number of aromatic nitrogens is 1. The number of carbonyl (C=O) groups excluding carboxylic acids is 1. The SMILES string of the molecule is CC(O)CN(C)C(=O)C(C)n1cccc1. The topological polar surface area (TPSA) is 45.5 Å². The fraction of sp³-hybridized carbons (Fsp3) is 0.545. The van der Waals surface area contributed by atoms with Crippen LogP contribution in [0.25, 0.3) is 0 Å². The third-order valence-electron chi connectivity index (χ3n) is 2.35. The molecule has 0 bridgehead atoms. The maximum absolute atomic E-state index is 11.9. The predicted molar refractivity (Wildman–Crippen MR) is 58.5 cm³/mol. The highest BCUT2D eigenvalue weighted by Crippen LogP contribution is 2.09. The van der Waals surface area contributed by atoms with Crippen LogP contribution in [0.5, 0.6) is 0 Å². The Bertz CT molecular complexity index is 306. The largest absolute Gasteiger partial charge is 0.392 e. The summed E-state index contributed by atoms with van der Waals surface area (Å²) >= 11 is 0. The number of rotatable bonds is 4. The molecule has 0 fully saturated rings. The summed E-state index contributed by atoms with van der Waals surface area (Å²) in [6.45, 7) is 3.88. The minimum atomic E-state index is -0.490. The zero-order valence-corrected chi connectivity index (χ0v) is 9.42. The lowest BCUT2D eigenvalue weighted by atomic mass is 10.2. The molecule has 1 amide bonds. The normalized spacial score (nSPS) is 14.7. The van der Waals surface area contributed by atoms with Crippen molar-refractivity contribution in [3.05, 3.63) is 24.5 Å². The van der Waals surface area contributed by atoms with E-state index in [2.05, 4.69) is 0 Å². The molecule has 0 aliphatic heterocycles. The minimum absolute atomic E-state index is 0.00657. The van der Waals surface area contributed by atoms with Crippen LogP contribution in [0.15, 0.2) is 24.5 Å². The van der Waals surface area contributed by atoms with E-state index in [1.54, 1.807) is 18.9 Å². The molecule has 1 aromatic heterocycles. The van der Waals surface area contributed by atoms with Gasteiger partial charge in [-0.3, -0.25) is 4.79 Å². The molecule has 4 nitrogen and oxygen atoms in total. The van der Waals surface area contributed by atoms with Crippen LogP contribution in [0.4, 0.5) is 0 Å². The molecule has 1 heterocycles. The van der Waals surface area contributed by atoms with E-state index in [0.29, 0.717) is 6.54 Å². The van der Waals surface area contributed by atoms with Crippen molar-refractivity contribution in [3.63, 3.8) is 0 Å². The van der Waals surface area contributed by atoms with Gasteiger partial charge in [-0.15, -0.1) is 0 Å². The lowest BCUT2D eigenvalue weighted by Gasteiger charge is -2.23. The van der Waals surface area contributed by atoms with E-state index in [9.17, 15) is 9.90 Å². The average molecular weight is 210 g/mol. The molecular weight excluding hydrogens is 192 g/mol. The van der Waals surface area contributed by atoms with Crippen LogP contribution in [-0.4, -0.2) is 40.2 Å². The van der Waals surface area contributed by atoms with Gasteiger partial charge in [0, 0.05) is 26.0 Å². The fourth-order valence-electron chi connectivity index (χ4n) is 1.54. The number of carbonyl (C=O) groups is 1. The molecule has 0 saturated carbocycles. The first kappa shape index (κ1) is 11.8. The predicted octanol–water partition coefficient (Wildman–Crippen LogP) is 0.888. The maximum atomic E-state index is 11.9. The number of nitrogens with zero attached hydrogens (tertiary/aromatic N) is 2. The van der Waals surface area contributed by atoms with E-state index in [1.807, 2.05) is 36.0 Å². The average Bonchev–Trinajstić information content (AvgIpc) is 2.67. The summed E-state index contributed by atoms with van der Waals surface area (Å²) in [7, 11) is 1.70. The molecule has 4 heteroatoms. The highest BCUT2D eigenvalue weighted by atomic mass is 16.3. The zero-order valence-electron chi connectivity index (χ0n) is 9.42. The molecular formula is C11H18N2O2. The quantitative estimate of drug-likeness (QED) is 0.802. The molecule has 0 aliphatic rings. The molecule has 2 atom stereocenters. The monoisotopic (exact) mass is 210 g/mol. The fourth-order valence-corrected chi connectivity index (χ4v) is 1.54. The van der Waals surface area contributed by atoms with Crippen molar-refractivity contribution in [2.45, 2.75) is 26.0 Å². The van der Waals surface area contributed by atoms with Crippen molar-refractivity contribution in [2.24, 2.45) is 0 Å². The summed E-state index contributed by atoms with van der Waals surface area (Å²) in [5, 5.41) is 9.18. The van der Waals surface area contributed by atoms with Gasteiger partial charge in [-0.1, -0.05) is 0 Å². The summed E-state index contributed by atoms with van der Waals surface area (Å²) in [6, 6.07) is 3.56. The first-order valence-electron chi connectivity index (χ1n) is 5.08. The molecule has 0 saturated heterocycles. The molecule has 1 rings (SSSR count). The molecule has 0 spiro atoms. The summed E-state index contributed by atoms with van der Waals surface area (Å²) in [4.78, 5) is 13.4. The number of amides is 1. The van der Waals surface area contributed by atoms with E-state index in [-0.39, 0.29) is 11.9 Å². The van der Waals surface area contributed by atoms with Crippen molar-refractivity contribution in [1.29, 1.82) is 0 Å². The van der Waals surface area contributed by atoms with Crippen LogP contribution in [0.2, 0.25) is 0 Å². The number of hydrogen-bond acceptors (Lipinski definition) is 2. The molecule has 0 aromatic carbocycles. The Kier molecular flexibility index (Phi) is 3.91. The molecule has 15 heavy (non-hydrogen) atoms. The van der Waals surface area contributed by atoms with Crippen molar-refractivity contribution in [3.8, 4) is 0 Å². The molecule has 0 radical (unpaired) electrons. The van der Waals surface area contributed by atoms with Crippen molar-refractivity contribution in [1.82, 2.24) is 9.47 Å². The van der Waals surface area contributed by atoms with Gasteiger partial charge in [0.2, 0.25) is 5.91 Å². The van der Waals surface area contributed by atoms with Crippen LogP contribution in [0.3, 0.4) is 0 Å². The molecule has 84 valence electrons. The third-order valence-corrected chi connectivity index (χ3v) is 2.35. The summed E-state index contributed by atoms with van der Waals surface area (Å²) in [5.41, 5.74) is 0. The Hall–Kier alpha value is -1.29. The Balaban J connectivity index is 2.60.